The van der Waals surface area contributed by atoms with Crippen molar-refractivity contribution in [2.75, 3.05) is 25.1 Å². The van der Waals surface area contributed by atoms with Gasteiger partial charge in [0.2, 0.25) is 0 Å². The third-order valence-electron chi connectivity index (χ3n) is 6.59. The number of hydrogen-bond acceptors (Lipinski definition) is 7. The van der Waals surface area contributed by atoms with E-state index in [0.29, 0.717) is 36.4 Å². The highest BCUT2D eigenvalue weighted by atomic mass is 19.2. The number of hydrogen-bond donors (Lipinski definition) is 2. The van der Waals surface area contributed by atoms with E-state index < -0.39 is 17.5 Å². The first kappa shape index (κ1) is 20.9. The second kappa shape index (κ2) is 7.69. The van der Waals surface area contributed by atoms with Crippen LogP contribution < -0.4 is 15.0 Å². The molecule has 0 spiro atoms. The van der Waals surface area contributed by atoms with Crippen molar-refractivity contribution >= 4 is 27.5 Å². The van der Waals surface area contributed by atoms with Crippen LogP contribution in [0.5, 0.6) is 11.8 Å². The zero-order valence-corrected chi connectivity index (χ0v) is 18.1. The van der Waals surface area contributed by atoms with Gasteiger partial charge in [-0.25, -0.2) is 13.2 Å². The first-order valence-corrected chi connectivity index (χ1v) is 10.9. The summed E-state index contributed by atoms with van der Waals surface area (Å²) in [5.74, 6) is -2.79. The number of phenolic OH excluding ortho intramolecular Hbond substituents is 1. The van der Waals surface area contributed by atoms with E-state index in [9.17, 15) is 13.9 Å². The molecule has 2 aliphatic rings. The number of halogens is 3. The predicted octanol–water partition coefficient (Wildman–Crippen LogP) is 3.92. The van der Waals surface area contributed by atoms with Crippen LogP contribution in [0.15, 0.2) is 30.5 Å². The van der Waals surface area contributed by atoms with Gasteiger partial charge in [-0.05, 0) is 36.4 Å². The van der Waals surface area contributed by atoms with E-state index in [1.54, 1.807) is 0 Å². The molecule has 4 heterocycles. The summed E-state index contributed by atoms with van der Waals surface area (Å²) in [7, 11) is 1.40. The molecule has 174 valence electrons. The molecule has 2 bridgehead atoms. The molecule has 2 fully saturated rings. The minimum Gasteiger partial charge on any atom is -0.508 e. The number of nitrogens with zero attached hydrogens (tertiary/aromatic N) is 4. The molecule has 6 rings (SSSR count). The number of piperazine rings is 1. The van der Waals surface area contributed by atoms with Crippen molar-refractivity contribution in [1.82, 2.24) is 20.3 Å². The van der Waals surface area contributed by atoms with E-state index in [0.717, 1.165) is 25.0 Å². The van der Waals surface area contributed by atoms with E-state index in [4.69, 9.17) is 4.74 Å². The zero-order valence-electron chi connectivity index (χ0n) is 18.1. The van der Waals surface area contributed by atoms with Gasteiger partial charge in [0.25, 0.3) is 0 Å². The average molecular weight is 467 g/mol. The topological polar surface area (TPSA) is 83.4 Å². The normalized spacial score (nSPS) is 19.8. The quantitative estimate of drug-likeness (QED) is 0.473. The summed E-state index contributed by atoms with van der Waals surface area (Å²) in [5, 5.41) is 14.1. The molecule has 4 aromatic rings. The van der Waals surface area contributed by atoms with Gasteiger partial charge in [0.1, 0.15) is 22.8 Å². The molecule has 0 amide bonds. The lowest BCUT2D eigenvalue weighted by atomic mass is 9.99. The van der Waals surface area contributed by atoms with Gasteiger partial charge >= 0.3 is 6.01 Å². The number of phenols is 1. The Hall–Kier alpha value is -3.66. The summed E-state index contributed by atoms with van der Waals surface area (Å²) in [4.78, 5) is 15.0. The van der Waals surface area contributed by atoms with Crippen LogP contribution in [0.3, 0.4) is 0 Å². The van der Waals surface area contributed by atoms with Gasteiger partial charge in [0, 0.05) is 42.3 Å². The average Bonchev–Trinajstić information content (AvgIpc) is 3.18. The van der Waals surface area contributed by atoms with Crippen molar-refractivity contribution in [1.29, 1.82) is 0 Å². The second-order valence-electron chi connectivity index (χ2n) is 8.71. The summed E-state index contributed by atoms with van der Waals surface area (Å²) in [6.45, 7) is 1.41. The number of ether oxygens (including phenoxy) is 1. The van der Waals surface area contributed by atoms with Gasteiger partial charge < -0.3 is 20.1 Å². The lowest BCUT2D eigenvalue weighted by Crippen LogP contribution is -2.51. The molecule has 7 nitrogen and oxygen atoms in total. The summed E-state index contributed by atoms with van der Waals surface area (Å²) >= 11 is 0. The molecule has 2 saturated heterocycles. The van der Waals surface area contributed by atoms with E-state index in [2.05, 4.69) is 25.2 Å². The summed E-state index contributed by atoms with van der Waals surface area (Å²) in [5.41, 5.74) is -0.387. The fourth-order valence-corrected chi connectivity index (χ4v) is 5.08. The predicted molar refractivity (Wildman–Crippen MR) is 121 cm³/mol. The van der Waals surface area contributed by atoms with Crippen LogP contribution >= 0.6 is 0 Å². The van der Waals surface area contributed by atoms with Crippen LogP contribution in [0, 0.1) is 17.5 Å². The minimum absolute atomic E-state index is 0.0116. The lowest BCUT2D eigenvalue weighted by molar-refractivity contribution is 0.380. The second-order valence-corrected chi connectivity index (χ2v) is 8.71. The number of fused-ring (bicyclic) bond motifs is 4. The summed E-state index contributed by atoms with van der Waals surface area (Å²) in [6.07, 6.45) is 3.55. The molecule has 2 N–H and O–H groups in total. The maximum Gasteiger partial charge on any atom is 0.318 e. The monoisotopic (exact) mass is 467 g/mol. The number of aromatic nitrogens is 3. The summed E-state index contributed by atoms with van der Waals surface area (Å²) < 4.78 is 50.0. The SMILES string of the molecule is COc1nc(N2CC3CCC(C2)N3)c2cnc(-c3cc(O)cc4ccc(F)c(F)c34)c(F)c2n1. The van der Waals surface area contributed by atoms with E-state index in [-0.39, 0.29) is 39.3 Å². The molecule has 2 atom stereocenters. The highest BCUT2D eigenvalue weighted by molar-refractivity contribution is 6.00. The standard InChI is InChI=1S/C24H20F3N5O2/c1-34-24-30-22-16(23(31-24)32-9-12-3-4-13(10-32)29-12)8-28-21(20(22)27)15-7-14(33)6-11-2-5-17(25)19(26)18(11)15/h2,5-8,12-13,29,33H,3-4,9-10H2,1H3. The van der Waals surface area contributed by atoms with Gasteiger partial charge in [-0.3, -0.25) is 4.98 Å². The van der Waals surface area contributed by atoms with Crippen LogP contribution in [-0.4, -0.2) is 52.3 Å². The molecular weight excluding hydrogens is 447 g/mol. The molecule has 34 heavy (non-hydrogen) atoms. The van der Waals surface area contributed by atoms with Crippen molar-refractivity contribution in [3.63, 3.8) is 0 Å². The lowest BCUT2D eigenvalue weighted by Gasteiger charge is -2.34. The molecular formula is C24H20F3N5O2. The third kappa shape index (κ3) is 3.20. The van der Waals surface area contributed by atoms with Crippen LogP contribution in [0.25, 0.3) is 32.9 Å². The number of aromatic hydroxyl groups is 1. The van der Waals surface area contributed by atoms with Crippen LogP contribution in [0.2, 0.25) is 0 Å². The Morgan fingerprint density at radius 1 is 1.06 bits per heavy atom. The molecule has 0 saturated carbocycles. The first-order chi connectivity index (χ1) is 16.4. The molecule has 2 aliphatic heterocycles. The number of pyridine rings is 1. The van der Waals surface area contributed by atoms with Gasteiger partial charge in [-0.15, -0.1) is 0 Å². The van der Waals surface area contributed by atoms with Gasteiger partial charge in [0.15, 0.2) is 17.5 Å². The van der Waals surface area contributed by atoms with Crippen LogP contribution in [-0.2, 0) is 0 Å². The summed E-state index contributed by atoms with van der Waals surface area (Å²) in [6, 6.07) is 5.35. The van der Waals surface area contributed by atoms with Crippen LogP contribution in [0.1, 0.15) is 12.8 Å². The smallest absolute Gasteiger partial charge is 0.318 e. The van der Waals surface area contributed by atoms with E-state index in [1.807, 2.05) is 0 Å². The Labute approximate surface area is 192 Å². The molecule has 0 aliphatic carbocycles. The van der Waals surface area contributed by atoms with Gasteiger partial charge in [-0.2, -0.15) is 9.97 Å². The number of benzene rings is 2. The minimum atomic E-state index is -1.15. The Morgan fingerprint density at radius 2 is 1.82 bits per heavy atom. The van der Waals surface area contributed by atoms with Gasteiger partial charge in [-0.1, -0.05) is 6.07 Å². The van der Waals surface area contributed by atoms with Crippen molar-refractivity contribution < 1.29 is 23.0 Å². The Balaban J connectivity index is 1.58. The fraction of sp³-hybridized carbons (Fsp3) is 0.292. The fourth-order valence-electron chi connectivity index (χ4n) is 5.08. The Bertz CT molecular complexity index is 1450. The number of anilines is 1. The zero-order chi connectivity index (χ0) is 23.6. The van der Waals surface area contributed by atoms with E-state index >= 15 is 4.39 Å². The third-order valence-corrected chi connectivity index (χ3v) is 6.59. The first-order valence-electron chi connectivity index (χ1n) is 10.9. The molecule has 2 aromatic carbocycles. The van der Waals surface area contributed by atoms with Crippen molar-refractivity contribution in [3.05, 3.63) is 47.9 Å². The van der Waals surface area contributed by atoms with Crippen molar-refractivity contribution in [2.24, 2.45) is 0 Å². The largest absolute Gasteiger partial charge is 0.508 e. The maximum absolute atomic E-state index is 15.9. The number of nitrogens with one attached hydrogen (secondary N) is 1. The number of rotatable bonds is 3. The molecule has 2 aromatic heterocycles. The highest BCUT2D eigenvalue weighted by Gasteiger charge is 2.34. The Morgan fingerprint density at radius 3 is 2.56 bits per heavy atom. The maximum atomic E-state index is 15.9. The molecule has 2 unspecified atom stereocenters. The highest BCUT2D eigenvalue weighted by Crippen LogP contribution is 2.38. The number of methoxy groups -OCH3 is 1. The van der Waals surface area contributed by atoms with Crippen molar-refractivity contribution in [3.8, 4) is 23.0 Å². The van der Waals surface area contributed by atoms with E-state index in [1.165, 1.54) is 25.4 Å². The van der Waals surface area contributed by atoms with Crippen LogP contribution in [0.4, 0.5) is 19.0 Å². The Kier molecular flexibility index (Phi) is 4.73. The molecule has 0 radical (unpaired) electrons. The van der Waals surface area contributed by atoms with Gasteiger partial charge in [0.05, 0.1) is 12.5 Å². The van der Waals surface area contributed by atoms with Crippen molar-refractivity contribution in [2.45, 2.75) is 24.9 Å². The molecule has 10 heteroatoms.